The fourth-order valence-corrected chi connectivity index (χ4v) is 2.92. The van der Waals surface area contributed by atoms with Crippen molar-refractivity contribution in [3.05, 3.63) is 48.4 Å². The van der Waals surface area contributed by atoms with Crippen molar-refractivity contribution >= 4 is 17.5 Å². The predicted octanol–water partition coefficient (Wildman–Crippen LogP) is 3.67. The summed E-state index contributed by atoms with van der Waals surface area (Å²) in [5.74, 6) is -1.02. The molecule has 9 heteroatoms. The molecule has 3 rings (SSSR count). The Kier molecular flexibility index (Phi) is 5.38. The molecule has 27 heavy (non-hydrogen) atoms. The number of alkyl halides is 3. The minimum absolute atomic E-state index is 0.218. The van der Waals surface area contributed by atoms with Crippen LogP contribution in [0.15, 0.2) is 47.1 Å². The number of carbonyl (C=O) groups excluding carboxylic acids is 2. The smallest absolute Gasteiger partial charge is 0.459 e. The van der Waals surface area contributed by atoms with E-state index in [1.165, 1.54) is 18.4 Å². The van der Waals surface area contributed by atoms with Crippen LogP contribution in [-0.2, 0) is 4.79 Å². The third-order valence-electron chi connectivity index (χ3n) is 4.22. The van der Waals surface area contributed by atoms with E-state index in [1.54, 1.807) is 17.0 Å². The van der Waals surface area contributed by atoms with Gasteiger partial charge in [-0.1, -0.05) is 6.07 Å². The van der Waals surface area contributed by atoms with Crippen molar-refractivity contribution in [3.63, 3.8) is 0 Å². The summed E-state index contributed by atoms with van der Waals surface area (Å²) in [6.45, 7) is 0.795. The van der Waals surface area contributed by atoms with Crippen molar-refractivity contribution in [1.82, 2.24) is 4.90 Å². The summed E-state index contributed by atoms with van der Waals surface area (Å²) in [5.41, 5.74) is 0.218. The number of furan rings is 1. The monoisotopic (exact) mass is 382 g/mol. The van der Waals surface area contributed by atoms with E-state index in [1.807, 2.05) is 0 Å². The number of halogens is 3. The predicted molar refractivity (Wildman–Crippen MR) is 89.1 cm³/mol. The summed E-state index contributed by atoms with van der Waals surface area (Å²) in [6.07, 6.45) is -2.46. The SMILES string of the molecule is O=C(Nc1cccc(OC(F)(F)F)c1)C1CCN(C(=O)c2ccco2)CC1. The Labute approximate surface area is 152 Å². The van der Waals surface area contributed by atoms with E-state index in [0.717, 1.165) is 12.1 Å². The number of amides is 2. The van der Waals surface area contributed by atoms with Crippen molar-refractivity contribution in [3.8, 4) is 5.75 Å². The van der Waals surface area contributed by atoms with Gasteiger partial charge in [-0.25, -0.2) is 0 Å². The molecular formula is C18H17F3N2O4. The first kappa shape index (κ1) is 18.8. The molecule has 1 aliphatic rings. The second kappa shape index (κ2) is 7.73. The van der Waals surface area contributed by atoms with Crippen LogP contribution in [0.1, 0.15) is 23.4 Å². The Bertz CT molecular complexity index is 797. The van der Waals surface area contributed by atoms with E-state index in [4.69, 9.17) is 4.42 Å². The lowest BCUT2D eigenvalue weighted by Gasteiger charge is -2.30. The highest BCUT2D eigenvalue weighted by atomic mass is 19.4. The third-order valence-corrected chi connectivity index (χ3v) is 4.22. The molecule has 144 valence electrons. The van der Waals surface area contributed by atoms with Crippen molar-refractivity contribution in [2.24, 2.45) is 5.92 Å². The zero-order chi connectivity index (χ0) is 19.4. The number of nitrogens with zero attached hydrogens (tertiary/aromatic N) is 1. The molecule has 0 saturated carbocycles. The molecule has 2 amide bonds. The van der Waals surface area contributed by atoms with Crippen LogP contribution in [0.25, 0.3) is 0 Å². The zero-order valence-corrected chi connectivity index (χ0v) is 14.2. The Morgan fingerprint density at radius 3 is 2.52 bits per heavy atom. The summed E-state index contributed by atoms with van der Waals surface area (Å²) in [7, 11) is 0. The van der Waals surface area contributed by atoms with Crippen LogP contribution in [0.3, 0.4) is 0 Å². The van der Waals surface area contributed by atoms with E-state index < -0.39 is 12.1 Å². The molecule has 1 aliphatic heterocycles. The van der Waals surface area contributed by atoms with Crippen molar-refractivity contribution in [1.29, 1.82) is 0 Å². The van der Waals surface area contributed by atoms with E-state index in [-0.39, 0.29) is 29.2 Å². The molecule has 0 radical (unpaired) electrons. The number of likely N-dealkylation sites (tertiary alicyclic amines) is 1. The van der Waals surface area contributed by atoms with Crippen molar-refractivity contribution in [2.75, 3.05) is 18.4 Å². The van der Waals surface area contributed by atoms with Crippen LogP contribution in [-0.4, -0.2) is 36.2 Å². The third kappa shape index (κ3) is 5.02. The summed E-state index contributed by atoms with van der Waals surface area (Å²) in [4.78, 5) is 26.2. The highest BCUT2D eigenvalue weighted by Gasteiger charge is 2.31. The normalized spacial score (nSPS) is 15.4. The molecule has 2 heterocycles. The molecule has 2 aromatic rings. The maximum Gasteiger partial charge on any atom is 0.573 e. The molecule has 1 aromatic carbocycles. The lowest BCUT2D eigenvalue weighted by molar-refractivity contribution is -0.274. The second-order valence-electron chi connectivity index (χ2n) is 6.11. The number of ether oxygens (including phenoxy) is 1. The number of benzene rings is 1. The second-order valence-corrected chi connectivity index (χ2v) is 6.11. The van der Waals surface area contributed by atoms with Gasteiger partial charge in [-0.2, -0.15) is 0 Å². The van der Waals surface area contributed by atoms with Gasteiger partial charge in [0, 0.05) is 30.8 Å². The highest BCUT2D eigenvalue weighted by Crippen LogP contribution is 2.26. The van der Waals surface area contributed by atoms with Gasteiger partial charge >= 0.3 is 6.36 Å². The molecule has 0 bridgehead atoms. The Morgan fingerprint density at radius 1 is 1.15 bits per heavy atom. The summed E-state index contributed by atoms with van der Waals surface area (Å²) < 4.78 is 45.8. The first-order valence-corrected chi connectivity index (χ1v) is 8.31. The average molecular weight is 382 g/mol. The van der Waals surface area contributed by atoms with Gasteiger partial charge in [0.1, 0.15) is 5.75 Å². The lowest BCUT2D eigenvalue weighted by atomic mass is 9.95. The average Bonchev–Trinajstić information content (AvgIpc) is 3.14. The van der Waals surface area contributed by atoms with Crippen LogP contribution >= 0.6 is 0 Å². The van der Waals surface area contributed by atoms with Crippen LogP contribution in [0, 0.1) is 5.92 Å². The summed E-state index contributed by atoms with van der Waals surface area (Å²) >= 11 is 0. The van der Waals surface area contributed by atoms with Gasteiger partial charge in [-0.3, -0.25) is 9.59 Å². The van der Waals surface area contributed by atoms with Crippen LogP contribution in [0.4, 0.5) is 18.9 Å². The topological polar surface area (TPSA) is 71.8 Å². The van der Waals surface area contributed by atoms with Gasteiger partial charge in [-0.15, -0.1) is 13.2 Å². The molecule has 1 fully saturated rings. The van der Waals surface area contributed by atoms with E-state index in [2.05, 4.69) is 10.1 Å². The fraction of sp³-hybridized carbons (Fsp3) is 0.333. The molecule has 1 aromatic heterocycles. The van der Waals surface area contributed by atoms with Crippen molar-refractivity contribution < 1.29 is 31.9 Å². The molecule has 1 N–H and O–H groups in total. The Morgan fingerprint density at radius 2 is 1.89 bits per heavy atom. The van der Waals surface area contributed by atoms with E-state index in [0.29, 0.717) is 25.9 Å². The van der Waals surface area contributed by atoms with Crippen LogP contribution in [0.5, 0.6) is 5.75 Å². The number of nitrogens with one attached hydrogen (secondary N) is 1. The first-order valence-electron chi connectivity index (χ1n) is 8.31. The summed E-state index contributed by atoms with van der Waals surface area (Å²) in [5, 5.41) is 2.60. The quantitative estimate of drug-likeness (QED) is 0.876. The van der Waals surface area contributed by atoms with Gasteiger partial charge in [0.05, 0.1) is 6.26 Å². The van der Waals surface area contributed by atoms with Gasteiger partial charge in [-0.05, 0) is 37.1 Å². The number of hydrogen-bond acceptors (Lipinski definition) is 4. The Hall–Kier alpha value is -2.97. The van der Waals surface area contributed by atoms with E-state index in [9.17, 15) is 22.8 Å². The molecule has 6 nitrogen and oxygen atoms in total. The fourth-order valence-electron chi connectivity index (χ4n) is 2.92. The first-order chi connectivity index (χ1) is 12.8. The number of carbonyl (C=O) groups is 2. The standard InChI is InChI=1S/C18H17F3N2O4/c19-18(20,21)27-14-4-1-3-13(11-14)22-16(24)12-6-8-23(9-7-12)17(25)15-5-2-10-26-15/h1-5,10-12H,6-9H2,(H,22,24). The molecule has 0 atom stereocenters. The molecular weight excluding hydrogens is 365 g/mol. The molecule has 0 unspecified atom stereocenters. The summed E-state index contributed by atoms with van der Waals surface area (Å²) in [6, 6.07) is 8.32. The van der Waals surface area contributed by atoms with Gasteiger partial charge in [0.2, 0.25) is 5.91 Å². The Balaban J connectivity index is 1.54. The van der Waals surface area contributed by atoms with Crippen LogP contribution < -0.4 is 10.1 Å². The number of anilines is 1. The van der Waals surface area contributed by atoms with E-state index >= 15 is 0 Å². The largest absolute Gasteiger partial charge is 0.573 e. The van der Waals surface area contributed by atoms with Crippen LogP contribution in [0.2, 0.25) is 0 Å². The lowest BCUT2D eigenvalue weighted by Crippen LogP contribution is -2.41. The molecule has 0 spiro atoms. The number of hydrogen-bond donors (Lipinski definition) is 1. The number of piperidine rings is 1. The zero-order valence-electron chi connectivity index (χ0n) is 14.2. The van der Waals surface area contributed by atoms with Gasteiger partial charge in [0.15, 0.2) is 5.76 Å². The number of rotatable bonds is 4. The highest BCUT2D eigenvalue weighted by molar-refractivity contribution is 5.94. The molecule has 0 aliphatic carbocycles. The molecule has 1 saturated heterocycles. The maximum absolute atomic E-state index is 12.4. The van der Waals surface area contributed by atoms with Gasteiger partial charge < -0.3 is 19.4 Å². The van der Waals surface area contributed by atoms with Crippen molar-refractivity contribution in [2.45, 2.75) is 19.2 Å². The minimum Gasteiger partial charge on any atom is -0.459 e. The minimum atomic E-state index is -4.80. The maximum atomic E-state index is 12.4. The van der Waals surface area contributed by atoms with Gasteiger partial charge in [0.25, 0.3) is 5.91 Å².